The highest BCUT2D eigenvalue weighted by Crippen LogP contribution is 2.30. The second kappa shape index (κ2) is 12.2. The van der Waals surface area contributed by atoms with Crippen molar-refractivity contribution in [2.45, 2.75) is 39.3 Å². The summed E-state index contributed by atoms with van der Waals surface area (Å²) in [5.74, 6) is 1.33. The Kier molecular flexibility index (Phi) is 9.69. The minimum atomic E-state index is -1.21. The predicted molar refractivity (Wildman–Crippen MR) is 135 cm³/mol. The smallest absolute Gasteiger partial charge is 0.408 e. The highest BCUT2D eigenvalue weighted by atomic mass is 35.5. The maximum absolute atomic E-state index is 13.6. The van der Waals surface area contributed by atoms with Crippen molar-refractivity contribution in [1.29, 1.82) is 0 Å². The number of para-hydroxylation sites is 1. The fraction of sp³-hybridized carbons (Fsp3) is 0.346. The Labute approximate surface area is 210 Å². The van der Waals surface area contributed by atoms with Crippen LogP contribution in [-0.4, -0.2) is 53.2 Å². The largest absolute Gasteiger partial charge is 0.444 e. The molecule has 0 spiro atoms. The normalized spacial score (nSPS) is 11.7. The lowest BCUT2D eigenvalue weighted by Crippen LogP contribution is -2.47. The van der Waals surface area contributed by atoms with Gasteiger partial charge in [0.25, 0.3) is 5.91 Å². The Morgan fingerprint density at radius 2 is 1.86 bits per heavy atom. The van der Waals surface area contributed by atoms with Crippen LogP contribution >= 0.6 is 11.6 Å². The lowest BCUT2D eigenvalue weighted by Gasteiger charge is -2.32. The zero-order valence-corrected chi connectivity index (χ0v) is 21.0. The molecule has 0 saturated carbocycles. The molecule has 3 N–H and O–H groups in total. The summed E-state index contributed by atoms with van der Waals surface area (Å²) in [6.07, 6.45) is 4.88. The monoisotopic (exact) mass is 499 g/mol. The SMILES string of the molecule is C#Cc1ccccc1C(C(=O)Nc1c(C)cccc1Cl)N(CCO)C(=O)CNC(=O)OC(C)(C)C. The van der Waals surface area contributed by atoms with Gasteiger partial charge in [-0.15, -0.1) is 6.42 Å². The summed E-state index contributed by atoms with van der Waals surface area (Å²) in [7, 11) is 0. The number of terminal acetylenes is 1. The molecule has 2 rings (SSSR count). The third-order valence-corrected chi connectivity index (χ3v) is 5.20. The van der Waals surface area contributed by atoms with Gasteiger partial charge in [0, 0.05) is 12.1 Å². The van der Waals surface area contributed by atoms with E-state index in [0.29, 0.717) is 21.8 Å². The van der Waals surface area contributed by atoms with Crippen LogP contribution in [0.1, 0.15) is 43.5 Å². The number of carbonyl (C=O) groups is 3. The van der Waals surface area contributed by atoms with Gasteiger partial charge in [0.15, 0.2) is 0 Å². The van der Waals surface area contributed by atoms with Gasteiger partial charge in [-0.3, -0.25) is 9.59 Å². The summed E-state index contributed by atoms with van der Waals surface area (Å²) in [4.78, 5) is 40.0. The van der Waals surface area contributed by atoms with Crippen molar-refractivity contribution in [2.75, 3.05) is 25.0 Å². The van der Waals surface area contributed by atoms with Crippen molar-refractivity contribution in [3.63, 3.8) is 0 Å². The Morgan fingerprint density at radius 1 is 1.17 bits per heavy atom. The number of hydrogen-bond acceptors (Lipinski definition) is 5. The highest BCUT2D eigenvalue weighted by molar-refractivity contribution is 6.34. The van der Waals surface area contributed by atoms with Crippen LogP contribution in [0.5, 0.6) is 0 Å². The van der Waals surface area contributed by atoms with Gasteiger partial charge in [-0.05, 0) is 51.0 Å². The molecule has 2 aromatic carbocycles. The third-order valence-electron chi connectivity index (χ3n) is 4.89. The molecule has 0 aromatic heterocycles. The first-order chi connectivity index (χ1) is 16.5. The van der Waals surface area contributed by atoms with E-state index in [0.717, 1.165) is 10.5 Å². The third kappa shape index (κ3) is 7.74. The number of aliphatic hydroxyl groups is 1. The van der Waals surface area contributed by atoms with E-state index >= 15 is 0 Å². The zero-order valence-electron chi connectivity index (χ0n) is 20.2. The first-order valence-corrected chi connectivity index (χ1v) is 11.3. The van der Waals surface area contributed by atoms with Crippen LogP contribution in [0.2, 0.25) is 5.02 Å². The Balaban J connectivity index is 2.44. The Morgan fingerprint density at radius 3 is 2.46 bits per heavy atom. The van der Waals surface area contributed by atoms with Crippen LogP contribution in [0.25, 0.3) is 0 Å². The molecule has 1 atom stereocenters. The quantitative estimate of drug-likeness (QED) is 0.480. The van der Waals surface area contributed by atoms with E-state index in [1.54, 1.807) is 70.2 Å². The number of halogens is 1. The second-order valence-corrected chi connectivity index (χ2v) is 9.13. The molecule has 0 heterocycles. The lowest BCUT2D eigenvalue weighted by molar-refractivity contribution is -0.138. The lowest BCUT2D eigenvalue weighted by atomic mass is 9.98. The maximum atomic E-state index is 13.6. The summed E-state index contributed by atoms with van der Waals surface area (Å²) in [6, 6.07) is 10.7. The van der Waals surface area contributed by atoms with Gasteiger partial charge in [-0.1, -0.05) is 47.9 Å². The number of alkyl carbamates (subject to hydrolysis) is 1. The number of nitrogens with zero attached hydrogens (tertiary/aromatic N) is 1. The molecule has 0 fully saturated rings. The molecule has 8 nitrogen and oxygen atoms in total. The topological polar surface area (TPSA) is 108 Å². The fourth-order valence-corrected chi connectivity index (χ4v) is 3.64. The fourth-order valence-electron chi connectivity index (χ4n) is 3.37. The van der Waals surface area contributed by atoms with Crippen LogP contribution in [0.3, 0.4) is 0 Å². The number of hydrogen-bond donors (Lipinski definition) is 3. The molecule has 186 valence electrons. The van der Waals surface area contributed by atoms with Crippen LogP contribution in [0.15, 0.2) is 42.5 Å². The molecule has 0 aliphatic heterocycles. The summed E-state index contributed by atoms with van der Waals surface area (Å²) in [5.41, 5.74) is 1.15. The molecule has 0 aliphatic rings. The molecule has 0 saturated heterocycles. The van der Waals surface area contributed by atoms with E-state index in [2.05, 4.69) is 16.6 Å². The number of aliphatic hydroxyl groups excluding tert-OH is 1. The van der Waals surface area contributed by atoms with Crippen molar-refractivity contribution in [2.24, 2.45) is 0 Å². The molecule has 35 heavy (non-hydrogen) atoms. The molecule has 2 aromatic rings. The van der Waals surface area contributed by atoms with E-state index < -0.39 is 42.7 Å². The standard InChI is InChI=1S/C26H30ClN3O5/c1-6-18-11-7-8-12-19(18)23(24(33)29-22-17(2)10-9-13-20(22)27)30(14-15-31)21(32)16-28-25(34)35-26(3,4)5/h1,7-13,23,31H,14-16H2,2-5H3,(H,28,34)(H,29,33). The number of amides is 3. The zero-order chi connectivity index (χ0) is 26.2. The van der Waals surface area contributed by atoms with Crippen molar-refractivity contribution in [3.8, 4) is 12.3 Å². The average Bonchev–Trinajstić information content (AvgIpc) is 2.79. The first-order valence-electron chi connectivity index (χ1n) is 11.0. The van der Waals surface area contributed by atoms with Crippen molar-refractivity contribution in [3.05, 3.63) is 64.2 Å². The van der Waals surface area contributed by atoms with Crippen molar-refractivity contribution in [1.82, 2.24) is 10.2 Å². The molecular formula is C26H30ClN3O5. The van der Waals surface area contributed by atoms with Crippen LogP contribution in [-0.2, 0) is 14.3 Å². The van der Waals surface area contributed by atoms with E-state index in [4.69, 9.17) is 22.8 Å². The predicted octanol–water partition coefficient (Wildman–Crippen LogP) is 3.66. The van der Waals surface area contributed by atoms with E-state index in [9.17, 15) is 19.5 Å². The van der Waals surface area contributed by atoms with Gasteiger partial charge in [-0.2, -0.15) is 0 Å². The van der Waals surface area contributed by atoms with Crippen LogP contribution in [0.4, 0.5) is 10.5 Å². The summed E-state index contributed by atoms with van der Waals surface area (Å²) in [5, 5.41) is 15.2. The van der Waals surface area contributed by atoms with Crippen LogP contribution in [0, 0.1) is 19.3 Å². The van der Waals surface area contributed by atoms with Gasteiger partial charge < -0.3 is 25.4 Å². The molecule has 9 heteroatoms. The van der Waals surface area contributed by atoms with Gasteiger partial charge in [-0.25, -0.2) is 4.79 Å². The minimum absolute atomic E-state index is 0.187. The molecule has 1 unspecified atom stereocenters. The van der Waals surface area contributed by atoms with E-state index in [1.165, 1.54) is 0 Å². The first kappa shape index (κ1) is 27.7. The van der Waals surface area contributed by atoms with Gasteiger partial charge >= 0.3 is 6.09 Å². The van der Waals surface area contributed by atoms with Crippen LogP contribution < -0.4 is 10.6 Å². The Hall–Kier alpha value is -3.54. The summed E-state index contributed by atoms with van der Waals surface area (Å²) < 4.78 is 5.17. The number of benzene rings is 2. The average molecular weight is 500 g/mol. The number of carbonyl (C=O) groups excluding carboxylic acids is 3. The van der Waals surface area contributed by atoms with Gasteiger partial charge in [0.05, 0.1) is 17.3 Å². The number of ether oxygens (including phenoxy) is 1. The molecular weight excluding hydrogens is 470 g/mol. The van der Waals surface area contributed by atoms with E-state index in [-0.39, 0.29) is 6.54 Å². The maximum Gasteiger partial charge on any atom is 0.408 e. The molecule has 0 radical (unpaired) electrons. The highest BCUT2D eigenvalue weighted by Gasteiger charge is 2.33. The van der Waals surface area contributed by atoms with Gasteiger partial charge in [0.2, 0.25) is 5.91 Å². The minimum Gasteiger partial charge on any atom is -0.444 e. The summed E-state index contributed by atoms with van der Waals surface area (Å²) >= 11 is 6.29. The number of anilines is 1. The second-order valence-electron chi connectivity index (χ2n) is 8.72. The van der Waals surface area contributed by atoms with Crippen molar-refractivity contribution < 1.29 is 24.2 Å². The Bertz CT molecular complexity index is 1100. The molecule has 3 amide bonds. The number of nitrogens with one attached hydrogen (secondary N) is 2. The number of rotatable bonds is 8. The molecule has 0 aliphatic carbocycles. The molecule has 0 bridgehead atoms. The van der Waals surface area contributed by atoms with Crippen molar-refractivity contribution >= 4 is 35.2 Å². The van der Waals surface area contributed by atoms with Gasteiger partial charge in [0.1, 0.15) is 18.2 Å². The van der Waals surface area contributed by atoms with E-state index in [1.807, 2.05) is 0 Å². The number of aryl methyl sites for hydroxylation is 1. The summed E-state index contributed by atoms with van der Waals surface area (Å²) in [6.45, 7) is 5.80.